The molecule has 0 fully saturated rings. The van der Waals surface area contributed by atoms with E-state index in [1.165, 1.54) is 0 Å². The van der Waals surface area contributed by atoms with Crippen LogP contribution in [-0.4, -0.2) is 11.0 Å². The second kappa shape index (κ2) is 3.71. The zero-order chi connectivity index (χ0) is 10.1. The molecule has 1 unspecified atom stereocenters. The fraction of sp³-hybridized carbons (Fsp3) is 0. The van der Waals surface area contributed by atoms with E-state index in [-0.39, 0.29) is 0 Å². The van der Waals surface area contributed by atoms with Gasteiger partial charge < -0.3 is 9.51 Å². The molecule has 0 spiro atoms. The van der Waals surface area contributed by atoms with Crippen molar-refractivity contribution >= 4 is 42.3 Å². The lowest BCUT2D eigenvalue weighted by Crippen LogP contribution is -1.98. The van der Waals surface area contributed by atoms with Gasteiger partial charge in [-0.15, -0.1) is 0 Å². The Bertz CT molecular complexity index is 495. The van der Waals surface area contributed by atoms with Crippen molar-refractivity contribution in [3.63, 3.8) is 0 Å². The van der Waals surface area contributed by atoms with Gasteiger partial charge in [-0.3, -0.25) is 0 Å². The summed E-state index contributed by atoms with van der Waals surface area (Å²) in [5.74, 6) is -0.405. The number of hydrogen-bond donors (Lipinski definition) is 1. The van der Waals surface area contributed by atoms with E-state index in [0.717, 1.165) is 15.4 Å². The Morgan fingerprint density at radius 2 is 2.14 bits per heavy atom. The Morgan fingerprint density at radius 1 is 1.43 bits per heavy atom. The van der Waals surface area contributed by atoms with Crippen LogP contribution in [-0.2, 0) is 4.52 Å². The van der Waals surface area contributed by atoms with Crippen LogP contribution in [0.25, 0.3) is 10.9 Å². The number of fused-ring (bicyclic) bond motifs is 1. The van der Waals surface area contributed by atoms with E-state index in [9.17, 15) is 4.79 Å². The first-order valence-electron chi connectivity index (χ1n) is 3.91. The Morgan fingerprint density at radius 3 is 2.79 bits per heavy atom. The van der Waals surface area contributed by atoms with Gasteiger partial charge in [-0.2, -0.15) is 0 Å². The molecule has 0 aliphatic rings. The minimum absolute atomic E-state index is 0.405. The highest BCUT2D eigenvalue weighted by Crippen LogP contribution is 2.28. The molecule has 0 radical (unpaired) electrons. The topological polar surface area (TPSA) is 42.1 Å². The van der Waals surface area contributed by atoms with Gasteiger partial charge in [0.15, 0.2) is 0 Å². The third kappa shape index (κ3) is 1.45. The number of carbonyl (C=O) groups is 1. The van der Waals surface area contributed by atoms with E-state index in [2.05, 4.69) is 25.4 Å². The molecule has 2 rings (SSSR count). The van der Waals surface area contributed by atoms with Crippen LogP contribution in [0.4, 0.5) is 0 Å². The summed E-state index contributed by atoms with van der Waals surface area (Å²) in [4.78, 5) is 14.3. The maximum absolute atomic E-state index is 11.3. The molecule has 1 aromatic heterocycles. The van der Waals surface area contributed by atoms with Gasteiger partial charge in [0.2, 0.25) is 0 Å². The average Bonchev–Trinajstić information content (AvgIpc) is 2.56. The van der Waals surface area contributed by atoms with E-state index in [1.54, 1.807) is 0 Å². The van der Waals surface area contributed by atoms with Gasteiger partial charge >= 0.3 is 5.97 Å². The number of para-hydroxylation sites is 1. The molecule has 0 saturated heterocycles. The van der Waals surface area contributed by atoms with E-state index in [0.29, 0.717) is 5.69 Å². The van der Waals surface area contributed by atoms with Crippen molar-refractivity contribution in [1.82, 2.24) is 4.98 Å². The summed E-state index contributed by atoms with van der Waals surface area (Å²) in [5.41, 5.74) is 1.34. The molecule has 72 valence electrons. The Kier molecular flexibility index (Phi) is 2.57. The summed E-state index contributed by atoms with van der Waals surface area (Å²) < 4.78 is 5.30. The van der Waals surface area contributed by atoms with Crippen molar-refractivity contribution in [2.45, 2.75) is 0 Å². The largest absolute Gasteiger partial charge is 0.447 e. The highest BCUT2D eigenvalue weighted by atomic mass is 79.9. The highest BCUT2D eigenvalue weighted by molar-refractivity contribution is 9.10. The molecule has 2 aromatic rings. The van der Waals surface area contributed by atoms with Crippen LogP contribution in [0, 0.1) is 0 Å². The molecule has 14 heavy (non-hydrogen) atoms. The average molecular weight is 272 g/mol. The number of benzene rings is 1. The summed E-state index contributed by atoms with van der Waals surface area (Å²) >= 11 is 3.35. The maximum atomic E-state index is 11.3. The predicted molar refractivity (Wildman–Crippen MR) is 61.1 cm³/mol. The smallest absolute Gasteiger partial charge is 0.358 e. The van der Waals surface area contributed by atoms with E-state index in [1.807, 2.05) is 33.7 Å². The normalized spacial score (nSPS) is 10.4. The lowest BCUT2D eigenvalue weighted by Gasteiger charge is -1.94. The standard InChI is InChI=1S/C9H7BrNO2P/c10-7-5-3-1-2-4-6(5)11-8(7)9(12)13-14/h1-4,11H,14H2. The van der Waals surface area contributed by atoms with Gasteiger partial charge in [-0.05, 0) is 22.0 Å². The zero-order valence-corrected chi connectivity index (χ0v) is 9.82. The van der Waals surface area contributed by atoms with Gasteiger partial charge in [0.25, 0.3) is 0 Å². The van der Waals surface area contributed by atoms with Crippen molar-refractivity contribution in [2.24, 2.45) is 0 Å². The predicted octanol–water partition coefficient (Wildman–Crippen LogP) is 2.88. The molecular formula is C9H7BrNO2P. The second-order valence-corrected chi connectivity index (χ2v) is 3.79. The molecule has 0 aliphatic heterocycles. The van der Waals surface area contributed by atoms with Gasteiger partial charge in [0.1, 0.15) is 5.69 Å². The van der Waals surface area contributed by atoms with Crippen LogP contribution >= 0.6 is 25.4 Å². The van der Waals surface area contributed by atoms with Crippen LogP contribution < -0.4 is 0 Å². The van der Waals surface area contributed by atoms with Crippen molar-refractivity contribution in [3.05, 3.63) is 34.4 Å². The molecule has 0 bridgehead atoms. The summed E-state index contributed by atoms with van der Waals surface area (Å²) in [7, 11) is 1.94. The molecule has 1 N–H and O–H groups in total. The molecule has 0 saturated carbocycles. The first kappa shape index (κ1) is 9.69. The lowest BCUT2D eigenvalue weighted by atomic mass is 10.2. The van der Waals surface area contributed by atoms with Gasteiger partial charge in [-0.1, -0.05) is 18.2 Å². The second-order valence-electron chi connectivity index (χ2n) is 2.76. The number of rotatable bonds is 1. The first-order chi connectivity index (χ1) is 6.74. The van der Waals surface area contributed by atoms with Crippen molar-refractivity contribution in [3.8, 4) is 0 Å². The Hall–Kier alpha value is -0.860. The number of nitrogens with one attached hydrogen (secondary N) is 1. The summed E-state index contributed by atoms with van der Waals surface area (Å²) in [6, 6.07) is 7.65. The quantitative estimate of drug-likeness (QED) is 0.811. The molecule has 5 heteroatoms. The fourth-order valence-corrected chi connectivity index (χ4v) is 2.03. The third-order valence-corrected chi connectivity index (χ3v) is 2.99. The van der Waals surface area contributed by atoms with E-state index in [4.69, 9.17) is 0 Å². The fourth-order valence-electron chi connectivity index (χ4n) is 1.31. The zero-order valence-electron chi connectivity index (χ0n) is 7.08. The van der Waals surface area contributed by atoms with Crippen molar-refractivity contribution < 1.29 is 9.32 Å². The minimum Gasteiger partial charge on any atom is -0.447 e. The number of H-pyrrole nitrogens is 1. The monoisotopic (exact) mass is 271 g/mol. The van der Waals surface area contributed by atoms with E-state index >= 15 is 0 Å². The van der Waals surface area contributed by atoms with Crippen LogP contribution in [0.3, 0.4) is 0 Å². The molecular weight excluding hydrogens is 265 g/mol. The number of carbonyl (C=O) groups excluding carboxylic acids is 1. The molecule has 1 aromatic carbocycles. The lowest BCUT2D eigenvalue weighted by molar-refractivity contribution is 0.0759. The SMILES string of the molecule is O=C(OP)c1[nH]c2ccccc2c1Br. The highest BCUT2D eigenvalue weighted by Gasteiger charge is 2.15. The number of hydrogen-bond acceptors (Lipinski definition) is 2. The summed E-state index contributed by atoms with van der Waals surface area (Å²) in [6.45, 7) is 0. The molecule has 3 nitrogen and oxygen atoms in total. The van der Waals surface area contributed by atoms with Crippen LogP contribution in [0.15, 0.2) is 28.7 Å². The third-order valence-electron chi connectivity index (χ3n) is 1.95. The molecule has 0 amide bonds. The summed E-state index contributed by atoms with van der Waals surface area (Å²) in [6.07, 6.45) is 0. The maximum Gasteiger partial charge on any atom is 0.358 e. The first-order valence-corrected chi connectivity index (χ1v) is 5.17. The van der Waals surface area contributed by atoms with Crippen molar-refractivity contribution in [1.29, 1.82) is 0 Å². The molecule has 0 aliphatic carbocycles. The van der Waals surface area contributed by atoms with Gasteiger partial charge in [0, 0.05) is 10.9 Å². The van der Waals surface area contributed by atoms with Gasteiger partial charge in [0.05, 0.1) is 13.9 Å². The number of aromatic amines is 1. The summed E-state index contributed by atoms with van der Waals surface area (Å²) in [5, 5.41) is 0.970. The Labute approximate surface area is 91.2 Å². The van der Waals surface area contributed by atoms with Gasteiger partial charge in [-0.25, -0.2) is 4.79 Å². The van der Waals surface area contributed by atoms with Crippen LogP contribution in [0.5, 0.6) is 0 Å². The van der Waals surface area contributed by atoms with Crippen LogP contribution in [0.1, 0.15) is 10.5 Å². The van der Waals surface area contributed by atoms with Crippen molar-refractivity contribution in [2.75, 3.05) is 0 Å². The van der Waals surface area contributed by atoms with Crippen LogP contribution in [0.2, 0.25) is 0 Å². The number of halogens is 1. The Balaban J connectivity index is 2.68. The number of aromatic nitrogens is 1. The van der Waals surface area contributed by atoms with E-state index < -0.39 is 5.97 Å². The minimum atomic E-state index is -0.405. The molecule has 1 heterocycles. The molecule has 1 atom stereocenters.